The molecule has 0 aromatic carbocycles. The Morgan fingerprint density at radius 3 is 2.63 bits per heavy atom. The van der Waals surface area contributed by atoms with Crippen molar-refractivity contribution in [1.29, 1.82) is 0 Å². The zero-order valence-electron chi connectivity index (χ0n) is 11.4. The standard InChI is InChI=1S/C13H22N2O4/c1-10-6-3-2-4-9-15(10)13(19)14-11(16)7-5-8-12(17)18/h10H,2-9H2,1H3,(H,17,18)(H,14,16,19). The summed E-state index contributed by atoms with van der Waals surface area (Å²) in [7, 11) is 0. The monoisotopic (exact) mass is 270 g/mol. The summed E-state index contributed by atoms with van der Waals surface area (Å²) in [4.78, 5) is 35.5. The lowest BCUT2D eigenvalue weighted by Gasteiger charge is -2.26. The molecule has 19 heavy (non-hydrogen) atoms. The molecule has 3 amide bonds. The number of nitrogens with zero attached hydrogens (tertiary/aromatic N) is 1. The van der Waals surface area contributed by atoms with Crippen LogP contribution in [0.2, 0.25) is 0 Å². The van der Waals surface area contributed by atoms with Gasteiger partial charge in [-0.25, -0.2) is 4.79 Å². The molecular weight excluding hydrogens is 248 g/mol. The Morgan fingerprint density at radius 1 is 1.21 bits per heavy atom. The van der Waals surface area contributed by atoms with Gasteiger partial charge < -0.3 is 10.0 Å². The van der Waals surface area contributed by atoms with Crippen molar-refractivity contribution in [2.45, 2.75) is 57.9 Å². The van der Waals surface area contributed by atoms with E-state index in [2.05, 4.69) is 5.32 Å². The van der Waals surface area contributed by atoms with Gasteiger partial charge >= 0.3 is 12.0 Å². The molecule has 6 heteroatoms. The minimum absolute atomic E-state index is 0.0538. The van der Waals surface area contributed by atoms with Crippen LogP contribution in [0.4, 0.5) is 4.79 Å². The maximum absolute atomic E-state index is 11.9. The summed E-state index contributed by atoms with van der Waals surface area (Å²) in [5, 5.41) is 10.8. The summed E-state index contributed by atoms with van der Waals surface area (Å²) in [5.74, 6) is -1.33. The molecule has 0 saturated carbocycles. The molecular formula is C13H22N2O4. The van der Waals surface area contributed by atoms with Gasteiger partial charge in [0.25, 0.3) is 0 Å². The van der Waals surface area contributed by atoms with Crippen LogP contribution >= 0.6 is 0 Å². The highest BCUT2D eigenvalue weighted by molar-refractivity contribution is 5.94. The number of carbonyl (C=O) groups excluding carboxylic acids is 2. The third-order valence-corrected chi connectivity index (χ3v) is 3.35. The van der Waals surface area contributed by atoms with Crippen molar-refractivity contribution in [2.24, 2.45) is 0 Å². The van der Waals surface area contributed by atoms with E-state index < -0.39 is 11.9 Å². The molecule has 1 heterocycles. The highest BCUT2D eigenvalue weighted by atomic mass is 16.4. The second-order valence-corrected chi connectivity index (χ2v) is 4.99. The Morgan fingerprint density at radius 2 is 1.95 bits per heavy atom. The smallest absolute Gasteiger partial charge is 0.324 e. The van der Waals surface area contributed by atoms with Crippen LogP contribution in [-0.4, -0.2) is 40.5 Å². The van der Waals surface area contributed by atoms with Crippen LogP contribution in [0.15, 0.2) is 0 Å². The molecule has 1 unspecified atom stereocenters. The van der Waals surface area contributed by atoms with Gasteiger partial charge in [-0.15, -0.1) is 0 Å². The Kier molecular flexibility index (Phi) is 6.32. The summed E-state index contributed by atoms with van der Waals surface area (Å²) in [6, 6.07) is -0.205. The van der Waals surface area contributed by atoms with E-state index >= 15 is 0 Å². The number of aliphatic carboxylic acids is 1. The fourth-order valence-corrected chi connectivity index (χ4v) is 2.23. The maximum atomic E-state index is 11.9. The molecule has 0 aliphatic carbocycles. The number of likely N-dealkylation sites (tertiary alicyclic amines) is 1. The zero-order valence-corrected chi connectivity index (χ0v) is 11.4. The quantitative estimate of drug-likeness (QED) is 0.814. The predicted octanol–water partition coefficient (Wildman–Crippen LogP) is 1.74. The van der Waals surface area contributed by atoms with Crippen LogP contribution in [0, 0.1) is 0 Å². The first kappa shape index (κ1) is 15.5. The summed E-state index contributed by atoms with van der Waals surface area (Å²) in [6.07, 6.45) is 4.41. The summed E-state index contributed by atoms with van der Waals surface area (Å²) < 4.78 is 0. The van der Waals surface area contributed by atoms with Crippen LogP contribution in [0.25, 0.3) is 0 Å². The van der Waals surface area contributed by atoms with Crippen LogP contribution in [0.3, 0.4) is 0 Å². The minimum atomic E-state index is -0.930. The van der Waals surface area contributed by atoms with Gasteiger partial charge in [0.2, 0.25) is 5.91 Å². The van der Waals surface area contributed by atoms with E-state index in [9.17, 15) is 14.4 Å². The predicted molar refractivity (Wildman–Crippen MR) is 69.7 cm³/mol. The Bertz CT molecular complexity index is 344. The molecule has 0 bridgehead atoms. The van der Waals surface area contributed by atoms with Crippen LogP contribution in [0.5, 0.6) is 0 Å². The van der Waals surface area contributed by atoms with E-state index in [4.69, 9.17) is 5.11 Å². The van der Waals surface area contributed by atoms with Gasteiger partial charge in [0.1, 0.15) is 0 Å². The molecule has 1 saturated heterocycles. The van der Waals surface area contributed by atoms with E-state index in [0.717, 1.165) is 25.7 Å². The number of hydrogen-bond donors (Lipinski definition) is 2. The normalized spacial score (nSPS) is 19.6. The third-order valence-electron chi connectivity index (χ3n) is 3.35. The van der Waals surface area contributed by atoms with Crippen molar-refractivity contribution in [3.8, 4) is 0 Å². The number of imide groups is 1. The molecule has 0 aromatic rings. The van der Waals surface area contributed by atoms with Crippen LogP contribution in [0.1, 0.15) is 51.9 Å². The zero-order chi connectivity index (χ0) is 14.3. The molecule has 0 spiro atoms. The van der Waals surface area contributed by atoms with Crippen molar-refractivity contribution in [2.75, 3.05) is 6.54 Å². The van der Waals surface area contributed by atoms with E-state index in [1.165, 1.54) is 0 Å². The topological polar surface area (TPSA) is 86.7 Å². The third kappa shape index (κ3) is 5.72. The van der Waals surface area contributed by atoms with Gasteiger partial charge in [0, 0.05) is 25.4 Å². The van der Waals surface area contributed by atoms with Gasteiger partial charge in [0.15, 0.2) is 0 Å². The number of carboxylic acid groups (broad SMARTS) is 1. The second-order valence-electron chi connectivity index (χ2n) is 4.99. The van der Waals surface area contributed by atoms with Gasteiger partial charge in [-0.1, -0.05) is 12.8 Å². The lowest BCUT2D eigenvalue weighted by atomic mass is 10.1. The van der Waals surface area contributed by atoms with E-state index in [1.54, 1.807) is 4.90 Å². The first-order valence-corrected chi connectivity index (χ1v) is 6.83. The average Bonchev–Trinajstić information content (AvgIpc) is 2.53. The lowest BCUT2D eigenvalue weighted by molar-refractivity contribution is -0.137. The van der Waals surface area contributed by atoms with Gasteiger partial charge in [-0.05, 0) is 26.2 Å². The summed E-state index contributed by atoms with van der Waals surface area (Å²) in [6.45, 7) is 2.66. The Balaban J connectivity index is 2.35. The Hall–Kier alpha value is -1.59. The van der Waals surface area contributed by atoms with Crippen LogP contribution < -0.4 is 5.32 Å². The summed E-state index contributed by atoms with van der Waals surface area (Å²) in [5.41, 5.74) is 0. The second kappa shape index (κ2) is 7.76. The number of nitrogens with one attached hydrogen (secondary N) is 1. The summed E-state index contributed by atoms with van der Waals surface area (Å²) >= 11 is 0. The van der Waals surface area contributed by atoms with Gasteiger partial charge in [-0.2, -0.15) is 0 Å². The highest BCUT2D eigenvalue weighted by Gasteiger charge is 2.23. The average molecular weight is 270 g/mol. The SMILES string of the molecule is CC1CCCCCN1C(=O)NC(=O)CCCC(=O)O. The molecule has 1 atom stereocenters. The largest absolute Gasteiger partial charge is 0.481 e. The molecule has 1 aliphatic heterocycles. The number of urea groups is 1. The van der Waals surface area contributed by atoms with Crippen LogP contribution in [-0.2, 0) is 9.59 Å². The Labute approximate surface area is 113 Å². The number of amides is 3. The van der Waals surface area contributed by atoms with Crippen molar-refractivity contribution in [3.05, 3.63) is 0 Å². The van der Waals surface area contributed by atoms with Crippen molar-refractivity contribution < 1.29 is 19.5 Å². The highest BCUT2D eigenvalue weighted by Crippen LogP contribution is 2.16. The molecule has 1 rings (SSSR count). The van der Waals surface area contributed by atoms with E-state index in [0.29, 0.717) is 6.54 Å². The molecule has 1 fully saturated rings. The number of rotatable bonds is 4. The van der Waals surface area contributed by atoms with Crippen molar-refractivity contribution >= 4 is 17.9 Å². The van der Waals surface area contributed by atoms with Gasteiger partial charge in [-0.3, -0.25) is 14.9 Å². The number of carboxylic acids is 1. The number of carbonyl (C=O) groups is 3. The van der Waals surface area contributed by atoms with E-state index in [-0.39, 0.29) is 31.3 Å². The molecule has 1 aliphatic rings. The molecule has 0 aromatic heterocycles. The first-order valence-electron chi connectivity index (χ1n) is 6.83. The number of hydrogen-bond acceptors (Lipinski definition) is 3. The molecule has 6 nitrogen and oxygen atoms in total. The van der Waals surface area contributed by atoms with Crippen molar-refractivity contribution in [3.63, 3.8) is 0 Å². The fraction of sp³-hybridized carbons (Fsp3) is 0.769. The molecule has 2 N–H and O–H groups in total. The van der Waals surface area contributed by atoms with E-state index in [1.807, 2.05) is 6.92 Å². The molecule has 0 radical (unpaired) electrons. The molecule has 108 valence electrons. The lowest BCUT2D eigenvalue weighted by Crippen LogP contribution is -2.46. The minimum Gasteiger partial charge on any atom is -0.481 e. The van der Waals surface area contributed by atoms with Crippen molar-refractivity contribution in [1.82, 2.24) is 10.2 Å². The maximum Gasteiger partial charge on any atom is 0.324 e. The fourth-order valence-electron chi connectivity index (χ4n) is 2.23. The van der Waals surface area contributed by atoms with Gasteiger partial charge in [0.05, 0.1) is 0 Å². The first-order chi connectivity index (χ1) is 9.00.